The standard InChI is InChI=1S/C29H38N2O3.ClH/c1-29(2,3)24-11-9-22(10-12-24)23(8-7-17-31-15-5-4-6-16-31)20-28(32)30-25-13-14-26-27(21-25)34-19-18-33-26;/h9-14,20-21H,4-8,15-19H2,1-3H3,(H,30,32);1H/b23-20+;. The third-order valence-corrected chi connectivity index (χ3v) is 6.61. The quantitative estimate of drug-likeness (QED) is 0.445. The highest BCUT2D eigenvalue weighted by atomic mass is 35.5. The monoisotopic (exact) mass is 498 g/mol. The first-order valence-corrected chi connectivity index (χ1v) is 12.6. The summed E-state index contributed by atoms with van der Waals surface area (Å²) < 4.78 is 11.2. The number of likely N-dealkylation sites (tertiary alicyclic amines) is 1. The van der Waals surface area contributed by atoms with E-state index in [1.54, 1.807) is 6.08 Å². The first-order valence-electron chi connectivity index (χ1n) is 12.6. The van der Waals surface area contributed by atoms with Gasteiger partial charge in [-0.05, 0) is 79.6 Å². The summed E-state index contributed by atoms with van der Waals surface area (Å²) in [6.07, 6.45) is 7.63. The highest BCUT2D eigenvalue weighted by Crippen LogP contribution is 2.33. The van der Waals surface area contributed by atoms with Gasteiger partial charge in [-0.2, -0.15) is 0 Å². The van der Waals surface area contributed by atoms with Gasteiger partial charge in [-0.1, -0.05) is 51.5 Å². The van der Waals surface area contributed by atoms with E-state index in [2.05, 4.69) is 55.3 Å². The average Bonchev–Trinajstić information content (AvgIpc) is 2.83. The number of ether oxygens (including phenoxy) is 2. The van der Waals surface area contributed by atoms with Gasteiger partial charge in [0.1, 0.15) is 13.2 Å². The SMILES string of the molecule is CC(C)(C)c1ccc(/C(=C/C(=O)Nc2ccc3c(c2)OCCO3)CCCN2CCCCC2)cc1.Cl. The normalized spacial score (nSPS) is 16.4. The predicted octanol–water partition coefficient (Wildman–Crippen LogP) is 6.47. The molecule has 1 amide bonds. The van der Waals surface area contributed by atoms with E-state index in [4.69, 9.17) is 9.47 Å². The van der Waals surface area contributed by atoms with Crippen molar-refractivity contribution in [1.82, 2.24) is 4.90 Å². The summed E-state index contributed by atoms with van der Waals surface area (Å²) in [5.74, 6) is 1.27. The summed E-state index contributed by atoms with van der Waals surface area (Å²) in [5.41, 5.74) is 4.30. The number of carbonyl (C=O) groups excluding carboxylic acids is 1. The van der Waals surface area contributed by atoms with Gasteiger partial charge in [0.05, 0.1) is 0 Å². The number of nitrogens with zero attached hydrogens (tertiary/aromatic N) is 1. The molecule has 6 heteroatoms. The second kappa shape index (κ2) is 12.5. The maximum Gasteiger partial charge on any atom is 0.248 e. The van der Waals surface area contributed by atoms with Crippen LogP contribution in [-0.4, -0.2) is 43.7 Å². The Labute approximate surface area is 216 Å². The van der Waals surface area contributed by atoms with Gasteiger partial charge < -0.3 is 19.7 Å². The molecule has 5 nitrogen and oxygen atoms in total. The fraction of sp³-hybridized carbons (Fsp3) is 0.483. The Morgan fingerprint density at radius 2 is 1.66 bits per heavy atom. The Balaban J connectivity index is 0.00000342. The largest absolute Gasteiger partial charge is 0.486 e. The highest BCUT2D eigenvalue weighted by Gasteiger charge is 2.16. The van der Waals surface area contributed by atoms with Gasteiger partial charge in [0, 0.05) is 17.8 Å². The second-order valence-corrected chi connectivity index (χ2v) is 10.4. The molecule has 0 aromatic heterocycles. The van der Waals surface area contributed by atoms with Crippen LogP contribution in [0.25, 0.3) is 5.57 Å². The molecule has 1 saturated heterocycles. The third kappa shape index (κ3) is 7.74. The Morgan fingerprint density at radius 3 is 2.34 bits per heavy atom. The number of halogens is 1. The Morgan fingerprint density at radius 1 is 0.971 bits per heavy atom. The van der Waals surface area contributed by atoms with E-state index < -0.39 is 0 Å². The van der Waals surface area contributed by atoms with E-state index in [0.29, 0.717) is 24.7 Å². The lowest BCUT2D eigenvalue weighted by Gasteiger charge is -2.26. The molecule has 35 heavy (non-hydrogen) atoms. The smallest absolute Gasteiger partial charge is 0.248 e. The molecule has 0 spiro atoms. The summed E-state index contributed by atoms with van der Waals surface area (Å²) in [5, 5.41) is 3.01. The van der Waals surface area contributed by atoms with Crippen LogP contribution in [0.1, 0.15) is 64.0 Å². The number of carbonyl (C=O) groups is 1. The molecule has 190 valence electrons. The van der Waals surface area contributed by atoms with Crippen LogP contribution < -0.4 is 14.8 Å². The van der Waals surface area contributed by atoms with Crippen molar-refractivity contribution in [3.05, 3.63) is 59.7 Å². The van der Waals surface area contributed by atoms with Gasteiger partial charge in [0.2, 0.25) is 5.91 Å². The molecule has 2 aromatic carbocycles. The first-order chi connectivity index (χ1) is 16.4. The molecule has 0 atom stereocenters. The lowest BCUT2D eigenvalue weighted by atomic mass is 9.86. The molecule has 2 aliphatic heterocycles. The summed E-state index contributed by atoms with van der Waals surface area (Å²) in [4.78, 5) is 15.5. The predicted molar refractivity (Wildman–Crippen MR) is 146 cm³/mol. The van der Waals surface area contributed by atoms with Gasteiger partial charge in [0.15, 0.2) is 11.5 Å². The molecule has 0 saturated carbocycles. The van der Waals surface area contributed by atoms with Gasteiger partial charge >= 0.3 is 0 Å². The van der Waals surface area contributed by atoms with Gasteiger partial charge in [-0.15, -0.1) is 12.4 Å². The molecule has 2 aromatic rings. The van der Waals surface area contributed by atoms with Crippen LogP contribution in [0, 0.1) is 0 Å². The molecular weight excluding hydrogens is 460 g/mol. The number of nitrogens with one attached hydrogen (secondary N) is 1. The van der Waals surface area contributed by atoms with Crippen molar-refractivity contribution in [2.75, 3.05) is 38.2 Å². The molecule has 0 bridgehead atoms. The van der Waals surface area contributed by atoms with Crippen molar-refractivity contribution in [2.45, 2.75) is 58.3 Å². The molecule has 1 fully saturated rings. The number of hydrogen-bond donors (Lipinski definition) is 1. The van der Waals surface area contributed by atoms with E-state index in [9.17, 15) is 4.79 Å². The number of anilines is 1. The van der Waals surface area contributed by atoms with Crippen molar-refractivity contribution >= 4 is 29.6 Å². The minimum Gasteiger partial charge on any atom is -0.486 e. The summed E-state index contributed by atoms with van der Waals surface area (Å²) in [7, 11) is 0. The van der Waals surface area contributed by atoms with Crippen LogP contribution in [0.2, 0.25) is 0 Å². The fourth-order valence-electron chi connectivity index (χ4n) is 4.62. The molecule has 1 N–H and O–H groups in total. The zero-order valence-corrected chi connectivity index (χ0v) is 22.1. The Hall–Kier alpha value is -2.50. The third-order valence-electron chi connectivity index (χ3n) is 6.61. The number of hydrogen-bond acceptors (Lipinski definition) is 4. The van der Waals surface area contributed by atoms with E-state index in [-0.39, 0.29) is 23.7 Å². The molecular formula is C29H39ClN2O3. The van der Waals surface area contributed by atoms with Crippen LogP contribution in [0.4, 0.5) is 5.69 Å². The first kappa shape index (κ1) is 27.1. The summed E-state index contributed by atoms with van der Waals surface area (Å²) in [6, 6.07) is 14.2. The van der Waals surface area contributed by atoms with Gasteiger partial charge in [-0.25, -0.2) is 0 Å². The average molecular weight is 499 g/mol. The molecule has 0 unspecified atom stereocenters. The van der Waals surface area contributed by atoms with E-state index in [0.717, 1.165) is 36.3 Å². The molecule has 4 rings (SSSR count). The van der Waals surface area contributed by atoms with Crippen molar-refractivity contribution in [2.24, 2.45) is 0 Å². The van der Waals surface area contributed by atoms with Crippen LogP contribution in [-0.2, 0) is 10.2 Å². The van der Waals surface area contributed by atoms with Gasteiger partial charge in [-0.3, -0.25) is 4.79 Å². The molecule has 2 heterocycles. The Kier molecular flexibility index (Phi) is 9.64. The number of allylic oxidation sites excluding steroid dienone is 1. The lowest BCUT2D eigenvalue weighted by molar-refractivity contribution is -0.111. The highest BCUT2D eigenvalue weighted by molar-refractivity contribution is 6.04. The zero-order chi connectivity index (χ0) is 24.0. The Bertz CT molecular complexity index is 1010. The molecule has 0 radical (unpaired) electrons. The molecule has 2 aliphatic rings. The zero-order valence-electron chi connectivity index (χ0n) is 21.3. The van der Waals surface area contributed by atoms with Crippen molar-refractivity contribution in [3.63, 3.8) is 0 Å². The van der Waals surface area contributed by atoms with Crippen molar-refractivity contribution < 1.29 is 14.3 Å². The van der Waals surface area contributed by atoms with Crippen LogP contribution >= 0.6 is 12.4 Å². The second-order valence-electron chi connectivity index (χ2n) is 10.4. The molecule has 0 aliphatic carbocycles. The van der Waals surface area contributed by atoms with Crippen molar-refractivity contribution in [1.29, 1.82) is 0 Å². The van der Waals surface area contributed by atoms with Gasteiger partial charge in [0.25, 0.3) is 0 Å². The fourth-order valence-corrected chi connectivity index (χ4v) is 4.62. The number of amides is 1. The maximum atomic E-state index is 13.0. The number of piperidine rings is 1. The number of rotatable bonds is 7. The minimum absolute atomic E-state index is 0. The summed E-state index contributed by atoms with van der Waals surface area (Å²) >= 11 is 0. The van der Waals surface area contributed by atoms with E-state index in [1.807, 2.05) is 18.2 Å². The topological polar surface area (TPSA) is 50.8 Å². The minimum atomic E-state index is -0.121. The van der Waals surface area contributed by atoms with Crippen LogP contribution in [0.3, 0.4) is 0 Å². The van der Waals surface area contributed by atoms with E-state index >= 15 is 0 Å². The number of benzene rings is 2. The van der Waals surface area contributed by atoms with Crippen LogP contribution in [0.5, 0.6) is 11.5 Å². The van der Waals surface area contributed by atoms with E-state index in [1.165, 1.54) is 37.9 Å². The maximum absolute atomic E-state index is 13.0. The number of fused-ring (bicyclic) bond motifs is 1. The van der Waals surface area contributed by atoms with Crippen LogP contribution in [0.15, 0.2) is 48.5 Å². The summed E-state index contributed by atoms with van der Waals surface area (Å²) in [6.45, 7) is 11.2. The lowest BCUT2D eigenvalue weighted by Crippen LogP contribution is -2.30. The van der Waals surface area contributed by atoms with Crippen molar-refractivity contribution in [3.8, 4) is 11.5 Å².